The second-order valence-corrected chi connectivity index (χ2v) is 4.87. The number of ether oxygens (including phenoxy) is 2. The normalized spacial score (nSPS) is 32.1. The van der Waals surface area contributed by atoms with Crippen molar-refractivity contribution in [3.8, 4) is 0 Å². The Kier molecular flexibility index (Phi) is 2.69. The molecule has 1 N–H and O–H groups in total. The van der Waals surface area contributed by atoms with E-state index in [1.165, 1.54) is 0 Å². The molecule has 1 spiro atoms. The van der Waals surface area contributed by atoms with Crippen molar-refractivity contribution in [1.29, 1.82) is 0 Å². The highest BCUT2D eigenvalue weighted by Crippen LogP contribution is 2.41. The van der Waals surface area contributed by atoms with Crippen LogP contribution in [-0.2, 0) is 9.47 Å². The molecule has 1 saturated carbocycles. The Hall–Kier alpha value is -0.910. The molecule has 2 aliphatic rings. The monoisotopic (exact) mass is 238 g/mol. The second kappa shape index (κ2) is 4.08. The maximum Gasteiger partial charge on any atom is 0.170 e. The van der Waals surface area contributed by atoms with E-state index < -0.39 is 5.79 Å². The van der Waals surface area contributed by atoms with Gasteiger partial charge in [-0.15, -0.1) is 0 Å². The number of nitrogens with zero attached hydrogens (tertiary/aromatic N) is 2. The number of aromatic nitrogens is 2. The topological polar surface area (TPSA) is 56.5 Å². The quantitative estimate of drug-likeness (QED) is 0.793. The first kappa shape index (κ1) is 11.2. The number of aliphatic hydroxyl groups is 1. The molecular weight excluding hydrogens is 220 g/mol. The number of imidazole rings is 1. The van der Waals surface area contributed by atoms with Crippen LogP contribution in [0.25, 0.3) is 0 Å². The summed E-state index contributed by atoms with van der Waals surface area (Å²) in [6.45, 7) is 3.27. The summed E-state index contributed by atoms with van der Waals surface area (Å²) in [5, 5.41) is 10.1. The average Bonchev–Trinajstić information content (AvgIpc) is 2.92. The van der Waals surface area contributed by atoms with Crippen LogP contribution >= 0.6 is 0 Å². The Labute approximate surface area is 100 Å². The lowest BCUT2D eigenvalue weighted by atomic mass is 9.87. The Morgan fingerprint density at radius 2 is 2.24 bits per heavy atom. The Bertz CT molecular complexity index is 398. The SMILES string of the molecule is Cc1nccn1C1CC2(CCC1O)OCCO2. The van der Waals surface area contributed by atoms with Crippen molar-refractivity contribution in [2.45, 2.75) is 44.1 Å². The van der Waals surface area contributed by atoms with Gasteiger partial charge in [0.05, 0.1) is 25.4 Å². The van der Waals surface area contributed by atoms with Gasteiger partial charge >= 0.3 is 0 Å². The lowest BCUT2D eigenvalue weighted by molar-refractivity contribution is -0.199. The predicted molar refractivity (Wildman–Crippen MR) is 60.5 cm³/mol. The van der Waals surface area contributed by atoms with Gasteiger partial charge in [-0.25, -0.2) is 4.98 Å². The summed E-state index contributed by atoms with van der Waals surface area (Å²) in [6, 6.07) is 0.00403. The molecule has 2 fully saturated rings. The van der Waals surface area contributed by atoms with Gasteiger partial charge < -0.3 is 19.1 Å². The van der Waals surface area contributed by atoms with Gasteiger partial charge in [0.2, 0.25) is 0 Å². The minimum absolute atomic E-state index is 0.00403. The number of hydrogen-bond acceptors (Lipinski definition) is 4. The van der Waals surface area contributed by atoms with Crippen LogP contribution in [-0.4, -0.2) is 39.8 Å². The molecule has 2 heterocycles. The zero-order valence-electron chi connectivity index (χ0n) is 10.0. The first-order valence-electron chi connectivity index (χ1n) is 6.16. The van der Waals surface area contributed by atoms with E-state index >= 15 is 0 Å². The maximum atomic E-state index is 10.1. The van der Waals surface area contributed by atoms with E-state index in [4.69, 9.17) is 9.47 Å². The summed E-state index contributed by atoms with van der Waals surface area (Å²) in [5.41, 5.74) is 0. The van der Waals surface area contributed by atoms with Crippen LogP contribution in [0.3, 0.4) is 0 Å². The fraction of sp³-hybridized carbons (Fsp3) is 0.750. The molecule has 5 nitrogen and oxygen atoms in total. The van der Waals surface area contributed by atoms with E-state index in [9.17, 15) is 5.11 Å². The zero-order valence-corrected chi connectivity index (χ0v) is 10.0. The zero-order chi connectivity index (χ0) is 11.9. The minimum Gasteiger partial charge on any atom is -0.391 e. The van der Waals surface area contributed by atoms with Gasteiger partial charge in [-0.05, 0) is 13.3 Å². The van der Waals surface area contributed by atoms with E-state index in [0.717, 1.165) is 12.2 Å². The number of aryl methyl sites for hydroxylation is 1. The van der Waals surface area contributed by atoms with E-state index in [1.807, 2.05) is 17.7 Å². The van der Waals surface area contributed by atoms with Crippen LogP contribution in [0.2, 0.25) is 0 Å². The summed E-state index contributed by atoms with van der Waals surface area (Å²) in [5.74, 6) is 0.449. The van der Waals surface area contributed by atoms with Crippen LogP contribution < -0.4 is 0 Å². The smallest absolute Gasteiger partial charge is 0.170 e. The molecule has 1 aliphatic carbocycles. The molecule has 0 bridgehead atoms. The third kappa shape index (κ3) is 1.88. The third-order valence-corrected chi connectivity index (χ3v) is 3.82. The number of rotatable bonds is 1. The maximum absolute atomic E-state index is 10.1. The average molecular weight is 238 g/mol. The molecule has 17 heavy (non-hydrogen) atoms. The fourth-order valence-electron chi connectivity index (χ4n) is 2.90. The van der Waals surface area contributed by atoms with Crippen LogP contribution in [0.4, 0.5) is 0 Å². The standard InChI is InChI=1S/C12H18N2O3/c1-9-13-4-5-14(9)10-8-12(3-2-11(10)15)16-6-7-17-12/h4-5,10-11,15H,2-3,6-8H2,1H3. The molecule has 3 rings (SSSR count). The van der Waals surface area contributed by atoms with Gasteiger partial charge in [-0.3, -0.25) is 0 Å². The van der Waals surface area contributed by atoms with Crippen molar-refractivity contribution < 1.29 is 14.6 Å². The summed E-state index contributed by atoms with van der Waals surface area (Å²) in [4.78, 5) is 4.21. The highest BCUT2D eigenvalue weighted by Gasteiger charge is 2.45. The molecule has 0 radical (unpaired) electrons. The summed E-state index contributed by atoms with van der Waals surface area (Å²) in [7, 11) is 0. The van der Waals surface area contributed by atoms with Gasteiger partial charge in [0.15, 0.2) is 5.79 Å². The van der Waals surface area contributed by atoms with E-state index in [1.54, 1.807) is 6.20 Å². The Morgan fingerprint density at radius 1 is 1.47 bits per heavy atom. The van der Waals surface area contributed by atoms with Gasteiger partial charge in [0.1, 0.15) is 5.82 Å². The molecule has 0 aromatic carbocycles. The minimum atomic E-state index is -0.472. The van der Waals surface area contributed by atoms with Gasteiger partial charge in [0.25, 0.3) is 0 Å². The molecule has 1 aromatic rings. The fourth-order valence-corrected chi connectivity index (χ4v) is 2.90. The molecule has 2 unspecified atom stereocenters. The largest absolute Gasteiger partial charge is 0.391 e. The summed E-state index contributed by atoms with van der Waals surface area (Å²) < 4.78 is 13.5. The highest BCUT2D eigenvalue weighted by atomic mass is 16.7. The lowest BCUT2D eigenvalue weighted by Crippen LogP contribution is -2.43. The molecule has 1 aliphatic heterocycles. The predicted octanol–water partition coefficient (Wildman–Crippen LogP) is 1.02. The summed E-state index contributed by atoms with van der Waals surface area (Å²) in [6.07, 6.45) is 5.52. The lowest BCUT2D eigenvalue weighted by Gasteiger charge is -2.39. The van der Waals surface area contributed by atoms with Crippen LogP contribution in [0.1, 0.15) is 31.1 Å². The van der Waals surface area contributed by atoms with Crippen molar-refractivity contribution >= 4 is 0 Å². The first-order valence-corrected chi connectivity index (χ1v) is 6.16. The molecular formula is C12H18N2O3. The van der Waals surface area contributed by atoms with Crippen LogP contribution in [0, 0.1) is 6.92 Å². The van der Waals surface area contributed by atoms with E-state index in [0.29, 0.717) is 26.1 Å². The van der Waals surface area contributed by atoms with Gasteiger partial charge in [-0.2, -0.15) is 0 Å². The van der Waals surface area contributed by atoms with Gasteiger partial charge in [-0.1, -0.05) is 0 Å². The molecule has 1 saturated heterocycles. The third-order valence-electron chi connectivity index (χ3n) is 3.82. The van der Waals surface area contributed by atoms with E-state index in [-0.39, 0.29) is 12.1 Å². The van der Waals surface area contributed by atoms with Crippen molar-refractivity contribution in [2.75, 3.05) is 13.2 Å². The Morgan fingerprint density at radius 3 is 2.88 bits per heavy atom. The van der Waals surface area contributed by atoms with E-state index in [2.05, 4.69) is 4.98 Å². The first-order chi connectivity index (χ1) is 8.20. The highest BCUT2D eigenvalue weighted by molar-refractivity contribution is 4.99. The summed E-state index contributed by atoms with van der Waals surface area (Å²) >= 11 is 0. The van der Waals surface area contributed by atoms with Crippen molar-refractivity contribution in [1.82, 2.24) is 9.55 Å². The molecule has 5 heteroatoms. The molecule has 1 aromatic heterocycles. The number of hydrogen-bond donors (Lipinski definition) is 1. The second-order valence-electron chi connectivity index (χ2n) is 4.87. The Balaban J connectivity index is 1.85. The number of aliphatic hydroxyl groups excluding tert-OH is 1. The van der Waals surface area contributed by atoms with Gasteiger partial charge in [0, 0.05) is 25.2 Å². The van der Waals surface area contributed by atoms with Crippen molar-refractivity contribution in [3.63, 3.8) is 0 Å². The van der Waals surface area contributed by atoms with Crippen molar-refractivity contribution in [2.24, 2.45) is 0 Å². The molecule has 2 atom stereocenters. The van der Waals surface area contributed by atoms with Crippen LogP contribution in [0.5, 0.6) is 0 Å². The molecule has 94 valence electrons. The molecule has 0 amide bonds. The van der Waals surface area contributed by atoms with Crippen molar-refractivity contribution in [3.05, 3.63) is 18.2 Å². The van der Waals surface area contributed by atoms with Crippen LogP contribution in [0.15, 0.2) is 12.4 Å².